The van der Waals surface area contributed by atoms with Crippen LogP contribution in [-0.4, -0.2) is 26.1 Å². The molecular weight excluding hydrogens is 308 g/mol. The van der Waals surface area contributed by atoms with Gasteiger partial charge in [0, 0.05) is 6.07 Å². The summed E-state index contributed by atoms with van der Waals surface area (Å²) < 4.78 is 73.6. The molecule has 112 valence electrons. The summed E-state index contributed by atoms with van der Waals surface area (Å²) >= 11 is 0. The number of nitro benzene ring substituents is 1. The smallest absolute Gasteiger partial charge is 0.258 e. The van der Waals surface area contributed by atoms with E-state index in [1.807, 2.05) is 0 Å². The van der Waals surface area contributed by atoms with Crippen molar-refractivity contribution in [2.45, 2.75) is 18.0 Å². The van der Waals surface area contributed by atoms with E-state index < -0.39 is 44.1 Å². The zero-order chi connectivity index (χ0) is 15.7. The minimum atomic E-state index is -4.78. The molecule has 1 aromatic carbocycles. The summed E-state index contributed by atoms with van der Waals surface area (Å²) in [4.78, 5) is 8.57. The fraction of sp³-hybridized carbons (Fsp3) is 0.333. The van der Waals surface area contributed by atoms with Gasteiger partial charge in [-0.05, 0) is 18.6 Å². The quantitative estimate of drug-likeness (QED) is 0.522. The van der Waals surface area contributed by atoms with Crippen LogP contribution in [0.4, 0.5) is 23.2 Å². The Morgan fingerprint density at radius 1 is 1.35 bits per heavy atom. The summed E-state index contributed by atoms with van der Waals surface area (Å²) in [5.41, 5.74) is -1.50. The molecule has 20 heavy (non-hydrogen) atoms. The number of halogens is 4. The predicted molar refractivity (Wildman–Crippen MR) is 59.0 cm³/mol. The lowest BCUT2D eigenvalue weighted by Crippen LogP contribution is -2.33. The van der Waals surface area contributed by atoms with E-state index >= 15 is 0 Å². The van der Waals surface area contributed by atoms with Gasteiger partial charge >= 0.3 is 11.9 Å². The highest BCUT2D eigenvalue weighted by Gasteiger charge is 2.31. The third-order valence-corrected chi connectivity index (χ3v) is 3.56. The molecule has 0 radical (unpaired) electrons. The Kier molecular flexibility index (Phi) is 4.34. The van der Waals surface area contributed by atoms with Crippen molar-refractivity contribution in [3.05, 3.63) is 33.6 Å². The molecule has 0 amide bonds. The molecule has 0 bridgehead atoms. The van der Waals surface area contributed by atoms with Gasteiger partial charge in [0.05, 0.1) is 9.82 Å². The van der Waals surface area contributed by atoms with Crippen molar-refractivity contribution in [2.24, 2.45) is 0 Å². The summed E-state index contributed by atoms with van der Waals surface area (Å²) in [7, 11) is -4.63. The van der Waals surface area contributed by atoms with Crippen LogP contribution >= 0.6 is 0 Å². The van der Waals surface area contributed by atoms with Crippen molar-refractivity contribution in [1.82, 2.24) is 4.72 Å². The van der Waals surface area contributed by atoms with E-state index in [0.29, 0.717) is 12.1 Å². The second-order valence-corrected chi connectivity index (χ2v) is 5.54. The molecule has 0 unspecified atom stereocenters. The fourth-order valence-electron chi connectivity index (χ4n) is 1.27. The molecule has 0 aromatic heterocycles. The number of sulfonamides is 1. The Morgan fingerprint density at radius 3 is 2.35 bits per heavy atom. The molecule has 11 heteroatoms. The largest absolute Gasteiger partial charge is 0.402 e. The topological polar surface area (TPSA) is 89.3 Å². The van der Waals surface area contributed by atoms with E-state index in [-0.39, 0.29) is 5.56 Å². The molecule has 0 aliphatic heterocycles. The van der Waals surface area contributed by atoms with Crippen LogP contribution in [0, 0.1) is 22.9 Å². The number of nitrogens with one attached hydrogen (secondary N) is 1. The number of rotatable bonds is 4. The molecular formula is C9H8F4N2O4S. The molecule has 1 N–H and O–H groups in total. The van der Waals surface area contributed by atoms with Gasteiger partial charge in [0.2, 0.25) is 15.8 Å². The first-order chi connectivity index (χ1) is 8.94. The van der Waals surface area contributed by atoms with Gasteiger partial charge in [0.15, 0.2) is 0 Å². The zero-order valence-corrected chi connectivity index (χ0v) is 10.7. The average molecular weight is 316 g/mol. The Bertz CT molecular complexity index is 642. The van der Waals surface area contributed by atoms with Crippen LogP contribution in [0.1, 0.15) is 5.56 Å². The van der Waals surface area contributed by atoms with Crippen molar-refractivity contribution in [3.63, 3.8) is 0 Å². The van der Waals surface area contributed by atoms with E-state index in [2.05, 4.69) is 0 Å². The molecule has 0 saturated heterocycles. The van der Waals surface area contributed by atoms with Crippen LogP contribution in [0.5, 0.6) is 0 Å². The number of aryl methyl sites for hydroxylation is 1. The zero-order valence-electron chi connectivity index (χ0n) is 9.86. The number of benzene rings is 1. The summed E-state index contributed by atoms with van der Waals surface area (Å²) in [6.45, 7) is -0.773. The van der Waals surface area contributed by atoms with E-state index in [0.717, 1.165) is 6.92 Å². The monoisotopic (exact) mass is 316 g/mol. The van der Waals surface area contributed by atoms with Crippen molar-refractivity contribution in [1.29, 1.82) is 0 Å². The highest BCUT2D eigenvalue weighted by Crippen LogP contribution is 2.25. The van der Waals surface area contributed by atoms with Crippen LogP contribution in [0.15, 0.2) is 17.0 Å². The number of hydrogen-bond donors (Lipinski definition) is 1. The van der Waals surface area contributed by atoms with Crippen LogP contribution in [-0.2, 0) is 10.0 Å². The first kappa shape index (κ1) is 16.3. The van der Waals surface area contributed by atoms with Gasteiger partial charge in [-0.2, -0.15) is 17.6 Å². The molecule has 1 aromatic rings. The standard InChI is InChI=1S/C9H8F4N2O4S/c1-5-2-6(3-7(8(5)10)15(16)17)20(18,19)14-4-9(11,12)13/h2-3,14H,4H2,1H3. The third-order valence-electron chi connectivity index (χ3n) is 2.18. The molecule has 6 nitrogen and oxygen atoms in total. The minimum absolute atomic E-state index is 0.362. The first-order valence-electron chi connectivity index (χ1n) is 4.95. The summed E-state index contributed by atoms with van der Waals surface area (Å²) in [6, 6.07) is 1.07. The lowest BCUT2D eigenvalue weighted by atomic mass is 10.2. The van der Waals surface area contributed by atoms with Crippen molar-refractivity contribution < 1.29 is 30.9 Å². The van der Waals surface area contributed by atoms with Gasteiger partial charge in [-0.3, -0.25) is 10.1 Å². The Morgan fingerprint density at radius 2 is 1.90 bits per heavy atom. The van der Waals surface area contributed by atoms with Crippen molar-refractivity contribution in [3.8, 4) is 0 Å². The molecule has 0 atom stereocenters. The van der Waals surface area contributed by atoms with Gasteiger partial charge in [0.1, 0.15) is 6.54 Å². The van der Waals surface area contributed by atoms with Crippen LogP contribution in [0.2, 0.25) is 0 Å². The van der Waals surface area contributed by atoms with Crippen LogP contribution < -0.4 is 4.72 Å². The van der Waals surface area contributed by atoms with E-state index in [9.17, 15) is 36.1 Å². The summed E-state index contributed by atoms with van der Waals surface area (Å²) in [5, 5.41) is 10.5. The molecule has 1 rings (SSSR count). The normalized spacial score (nSPS) is 12.4. The Labute approximate surface area is 110 Å². The minimum Gasteiger partial charge on any atom is -0.258 e. The highest BCUT2D eigenvalue weighted by atomic mass is 32.2. The maximum Gasteiger partial charge on any atom is 0.402 e. The van der Waals surface area contributed by atoms with Gasteiger partial charge < -0.3 is 0 Å². The second kappa shape index (κ2) is 5.32. The molecule has 0 saturated carbocycles. The SMILES string of the molecule is Cc1cc(S(=O)(=O)NCC(F)(F)F)cc([N+](=O)[O-])c1F. The Balaban J connectivity index is 3.23. The lowest BCUT2D eigenvalue weighted by Gasteiger charge is -2.10. The molecule has 0 spiro atoms. The molecule has 0 heterocycles. The highest BCUT2D eigenvalue weighted by molar-refractivity contribution is 7.89. The average Bonchev–Trinajstić information content (AvgIpc) is 2.28. The lowest BCUT2D eigenvalue weighted by molar-refractivity contribution is -0.387. The maximum absolute atomic E-state index is 13.4. The molecule has 0 fully saturated rings. The first-order valence-corrected chi connectivity index (χ1v) is 6.43. The maximum atomic E-state index is 13.4. The summed E-state index contributed by atoms with van der Waals surface area (Å²) in [6.07, 6.45) is -4.78. The second-order valence-electron chi connectivity index (χ2n) is 3.77. The molecule has 0 aliphatic rings. The van der Waals surface area contributed by atoms with Gasteiger partial charge in [-0.25, -0.2) is 13.1 Å². The van der Waals surface area contributed by atoms with Gasteiger partial charge in [-0.1, -0.05) is 0 Å². The predicted octanol–water partition coefficient (Wildman–Crippen LogP) is 1.88. The van der Waals surface area contributed by atoms with E-state index in [1.54, 1.807) is 0 Å². The van der Waals surface area contributed by atoms with Gasteiger partial charge in [-0.15, -0.1) is 0 Å². The van der Waals surface area contributed by atoms with Gasteiger partial charge in [0.25, 0.3) is 0 Å². The number of nitro groups is 1. The fourth-order valence-corrected chi connectivity index (χ4v) is 2.39. The van der Waals surface area contributed by atoms with E-state index in [4.69, 9.17) is 0 Å². The third kappa shape index (κ3) is 3.87. The molecule has 0 aliphatic carbocycles. The Hall–Kier alpha value is -1.75. The van der Waals surface area contributed by atoms with Crippen LogP contribution in [0.25, 0.3) is 0 Å². The number of nitrogens with zero attached hydrogens (tertiary/aromatic N) is 1. The van der Waals surface area contributed by atoms with Crippen molar-refractivity contribution >= 4 is 15.7 Å². The number of alkyl halides is 3. The van der Waals surface area contributed by atoms with E-state index in [1.165, 1.54) is 4.72 Å². The summed E-state index contributed by atoms with van der Waals surface area (Å²) in [5.74, 6) is -1.25. The number of hydrogen-bond acceptors (Lipinski definition) is 4. The van der Waals surface area contributed by atoms with Crippen LogP contribution in [0.3, 0.4) is 0 Å². The van der Waals surface area contributed by atoms with Crippen molar-refractivity contribution in [2.75, 3.05) is 6.54 Å².